The quantitative estimate of drug-likeness (QED) is 0.766. The van der Waals surface area contributed by atoms with Crippen molar-refractivity contribution >= 4 is 11.6 Å². The lowest BCUT2D eigenvalue weighted by Gasteiger charge is -2.28. The first kappa shape index (κ1) is 17.5. The Morgan fingerprint density at radius 3 is 2.57 bits per heavy atom. The van der Waals surface area contributed by atoms with Gasteiger partial charge in [0.25, 0.3) is 0 Å². The Morgan fingerprint density at radius 2 is 1.96 bits per heavy atom. The molecule has 2 rings (SSSR count). The van der Waals surface area contributed by atoms with Crippen molar-refractivity contribution < 1.29 is 4.42 Å². The number of aromatic nitrogens is 1. The zero-order valence-electron chi connectivity index (χ0n) is 13.8. The number of nitriles is 1. The van der Waals surface area contributed by atoms with Gasteiger partial charge in [-0.2, -0.15) is 5.26 Å². The number of hydrogen-bond acceptors (Lipinski definition) is 4. The highest BCUT2D eigenvalue weighted by Crippen LogP contribution is 2.23. The molecule has 0 saturated heterocycles. The van der Waals surface area contributed by atoms with E-state index < -0.39 is 0 Å². The van der Waals surface area contributed by atoms with Gasteiger partial charge in [0.1, 0.15) is 0 Å². The minimum atomic E-state index is 0.154. The fourth-order valence-corrected chi connectivity index (χ4v) is 2.54. The summed E-state index contributed by atoms with van der Waals surface area (Å²) in [4.78, 5) is 6.58. The number of halogens is 1. The fourth-order valence-electron chi connectivity index (χ4n) is 2.42. The van der Waals surface area contributed by atoms with E-state index in [0.717, 1.165) is 17.9 Å². The number of oxazole rings is 1. The molecule has 2 aromatic rings. The summed E-state index contributed by atoms with van der Waals surface area (Å²) in [7, 11) is 0. The van der Waals surface area contributed by atoms with E-state index in [-0.39, 0.29) is 5.41 Å². The predicted molar refractivity (Wildman–Crippen MR) is 91.9 cm³/mol. The minimum Gasteiger partial charge on any atom is -0.439 e. The van der Waals surface area contributed by atoms with E-state index in [1.54, 1.807) is 6.20 Å². The molecule has 0 saturated carbocycles. The molecule has 0 aliphatic rings. The molecule has 122 valence electrons. The highest BCUT2D eigenvalue weighted by molar-refractivity contribution is 6.30. The number of rotatable bonds is 6. The summed E-state index contributed by atoms with van der Waals surface area (Å²) in [5, 5.41) is 9.52. The Bertz CT molecular complexity index is 665. The van der Waals surface area contributed by atoms with Crippen LogP contribution in [0.3, 0.4) is 0 Å². The standard InChI is InChI=1S/C18H22ClN3O/c1-18(2,3)13-22(10-4-9-20)12-17-21-11-16(23-17)14-5-7-15(19)8-6-14/h5-8,11H,4,10,12-13H2,1-3H3. The van der Waals surface area contributed by atoms with Gasteiger partial charge in [-0.05, 0) is 29.7 Å². The Hall–Kier alpha value is -1.83. The van der Waals surface area contributed by atoms with Gasteiger partial charge in [0, 0.05) is 30.1 Å². The van der Waals surface area contributed by atoms with Crippen LogP contribution in [0, 0.1) is 16.7 Å². The molecule has 0 unspecified atom stereocenters. The molecule has 0 N–H and O–H groups in total. The summed E-state index contributed by atoms with van der Waals surface area (Å²) in [5.41, 5.74) is 1.11. The lowest BCUT2D eigenvalue weighted by molar-refractivity contribution is 0.173. The molecule has 0 radical (unpaired) electrons. The van der Waals surface area contributed by atoms with Crippen LogP contribution < -0.4 is 0 Å². The summed E-state index contributed by atoms with van der Waals surface area (Å²) in [6.45, 7) is 8.75. The van der Waals surface area contributed by atoms with Crippen molar-refractivity contribution in [2.24, 2.45) is 5.41 Å². The lowest BCUT2D eigenvalue weighted by atomic mass is 9.96. The third kappa shape index (κ3) is 5.70. The average molecular weight is 332 g/mol. The van der Waals surface area contributed by atoms with E-state index in [0.29, 0.717) is 30.4 Å². The molecule has 0 aliphatic heterocycles. The largest absolute Gasteiger partial charge is 0.439 e. The molecular formula is C18H22ClN3O. The van der Waals surface area contributed by atoms with E-state index in [9.17, 15) is 0 Å². The molecule has 0 spiro atoms. The topological polar surface area (TPSA) is 53.1 Å². The van der Waals surface area contributed by atoms with Crippen LogP contribution in [0.1, 0.15) is 33.1 Å². The van der Waals surface area contributed by atoms with Gasteiger partial charge in [0.15, 0.2) is 5.76 Å². The lowest BCUT2D eigenvalue weighted by Crippen LogP contribution is -2.33. The van der Waals surface area contributed by atoms with Crippen molar-refractivity contribution in [1.82, 2.24) is 9.88 Å². The maximum Gasteiger partial charge on any atom is 0.209 e. The molecule has 0 fully saturated rings. The van der Waals surface area contributed by atoms with Gasteiger partial charge in [0.2, 0.25) is 5.89 Å². The molecule has 0 bridgehead atoms. The zero-order valence-corrected chi connectivity index (χ0v) is 14.6. The molecule has 0 aliphatic carbocycles. The summed E-state index contributed by atoms with van der Waals surface area (Å²) in [6, 6.07) is 9.69. The van der Waals surface area contributed by atoms with E-state index in [1.165, 1.54) is 0 Å². The van der Waals surface area contributed by atoms with E-state index in [4.69, 9.17) is 21.3 Å². The molecule has 23 heavy (non-hydrogen) atoms. The third-order valence-electron chi connectivity index (χ3n) is 3.28. The second-order valence-corrected chi connectivity index (χ2v) is 7.24. The fraction of sp³-hybridized carbons (Fsp3) is 0.444. The monoisotopic (exact) mass is 331 g/mol. The van der Waals surface area contributed by atoms with Crippen molar-refractivity contribution in [3.05, 3.63) is 41.4 Å². The average Bonchev–Trinajstić information content (AvgIpc) is 2.92. The van der Waals surface area contributed by atoms with Crippen LogP contribution in [0.25, 0.3) is 11.3 Å². The maximum atomic E-state index is 8.83. The zero-order chi connectivity index (χ0) is 16.9. The molecule has 4 nitrogen and oxygen atoms in total. The highest BCUT2D eigenvalue weighted by atomic mass is 35.5. The number of benzene rings is 1. The van der Waals surface area contributed by atoms with Crippen molar-refractivity contribution in [3.63, 3.8) is 0 Å². The summed E-state index contributed by atoms with van der Waals surface area (Å²) in [5.74, 6) is 1.39. The molecule has 0 amide bonds. The van der Waals surface area contributed by atoms with Crippen molar-refractivity contribution in [3.8, 4) is 17.4 Å². The van der Waals surface area contributed by atoms with Gasteiger partial charge in [-0.25, -0.2) is 4.98 Å². The van der Waals surface area contributed by atoms with Crippen LogP contribution in [0.15, 0.2) is 34.9 Å². The highest BCUT2D eigenvalue weighted by Gasteiger charge is 2.18. The van der Waals surface area contributed by atoms with Crippen molar-refractivity contribution in [1.29, 1.82) is 5.26 Å². The normalized spacial score (nSPS) is 11.7. The first-order valence-corrected chi connectivity index (χ1v) is 8.05. The molecule has 0 atom stereocenters. The van der Waals surface area contributed by atoms with Crippen LogP contribution in [-0.2, 0) is 6.54 Å². The Balaban J connectivity index is 2.08. The Morgan fingerprint density at radius 1 is 1.26 bits per heavy atom. The van der Waals surface area contributed by atoms with E-state index in [1.807, 2.05) is 24.3 Å². The number of nitrogens with zero attached hydrogens (tertiary/aromatic N) is 3. The minimum absolute atomic E-state index is 0.154. The van der Waals surface area contributed by atoms with Crippen LogP contribution >= 0.6 is 11.6 Å². The smallest absolute Gasteiger partial charge is 0.209 e. The first-order chi connectivity index (χ1) is 10.9. The Labute approximate surface area is 142 Å². The third-order valence-corrected chi connectivity index (χ3v) is 3.53. The van der Waals surface area contributed by atoms with Gasteiger partial charge in [-0.3, -0.25) is 4.90 Å². The first-order valence-electron chi connectivity index (χ1n) is 7.67. The van der Waals surface area contributed by atoms with Crippen LogP contribution in [-0.4, -0.2) is 23.0 Å². The summed E-state index contributed by atoms with van der Waals surface area (Å²) >= 11 is 5.90. The Kier molecular flexibility index (Phi) is 5.81. The van der Waals surface area contributed by atoms with Crippen LogP contribution in [0.2, 0.25) is 5.02 Å². The summed E-state index contributed by atoms with van der Waals surface area (Å²) < 4.78 is 5.86. The van der Waals surface area contributed by atoms with E-state index in [2.05, 4.69) is 36.7 Å². The van der Waals surface area contributed by atoms with Gasteiger partial charge in [-0.15, -0.1) is 0 Å². The molecular weight excluding hydrogens is 310 g/mol. The molecule has 1 aromatic carbocycles. The van der Waals surface area contributed by atoms with Crippen LogP contribution in [0.4, 0.5) is 0 Å². The maximum absolute atomic E-state index is 8.83. The van der Waals surface area contributed by atoms with Gasteiger partial charge >= 0.3 is 0 Å². The summed E-state index contributed by atoms with van der Waals surface area (Å²) in [6.07, 6.45) is 2.24. The van der Waals surface area contributed by atoms with Gasteiger partial charge < -0.3 is 4.42 Å². The molecule has 1 aromatic heterocycles. The van der Waals surface area contributed by atoms with E-state index >= 15 is 0 Å². The van der Waals surface area contributed by atoms with Crippen molar-refractivity contribution in [2.45, 2.75) is 33.7 Å². The van der Waals surface area contributed by atoms with Gasteiger partial charge in [-0.1, -0.05) is 32.4 Å². The molecule has 5 heteroatoms. The predicted octanol–water partition coefficient (Wildman–Crippen LogP) is 4.76. The molecule has 1 heterocycles. The second-order valence-electron chi connectivity index (χ2n) is 6.80. The SMILES string of the molecule is CC(C)(C)CN(CCC#N)Cc1ncc(-c2ccc(Cl)cc2)o1. The second kappa shape index (κ2) is 7.63. The van der Waals surface area contributed by atoms with Gasteiger partial charge in [0.05, 0.1) is 18.8 Å². The number of hydrogen-bond donors (Lipinski definition) is 0. The van der Waals surface area contributed by atoms with Crippen molar-refractivity contribution in [2.75, 3.05) is 13.1 Å². The van der Waals surface area contributed by atoms with Crippen LogP contribution in [0.5, 0.6) is 0 Å².